The van der Waals surface area contributed by atoms with Crippen LogP contribution >= 0.6 is 0 Å². The number of rotatable bonds is 2. The standard InChI is InChI=1S/C3H11N2Si/c1-4-6(3)5-2/h4-5H,1-3H3. The second-order valence-corrected chi connectivity index (χ2v) is 3.38. The fourth-order valence-electron chi connectivity index (χ4n) is 0.125. The summed E-state index contributed by atoms with van der Waals surface area (Å²) in [5.74, 6) is 0. The van der Waals surface area contributed by atoms with Crippen molar-refractivity contribution in [2.24, 2.45) is 0 Å². The Balaban J connectivity index is 2.75. The van der Waals surface area contributed by atoms with Crippen molar-refractivity contribution in [1.29, 1.82) is 0 Å². The zero-order valence-electron chi connectivity index (χ0n) is 4.50. The number of nitrogens with one attached hydrogen (secondary N) is 2. The predicted molar refractivity (Wildman–Crippen MR) is 29.7 cm³/mol. The Labute approximate surface area is 40.7 Å². The highest BCUT2D eigenvalue weighted by Crippen LogP contribution is 1.55. The summed E-state index contributed by atoms with van der Waals surface area (Å²) >= 11 is 0. The van der Waals surface area contributed by atoms with E-state index in [-0.39, 0.29) is 9.12 Å². The second-order valence-electron chi connectivity index (χ2n) is 1.12. The third-order valence-corrected chi connectivity index (χ3v) is 2.25. The maximum absolute atomic E-state index is 3.11. The van der Waals surface area contributed by atoms with Gasteiger partial charge in [-0.1, -0.05) is 0 Å². The van der Waals surface area contributed by atoms with Crippen molar-refractivity contribution in [3.05, 3.63) is 0 Å². The first-order valence-corrected chi connectivity index (χ1v) is 4.00. The molecule has 0 unspecified atom stereocenters. The van der Waals surface area contributed by atoms with Crippen LogP contribution in [-0.4, -0.2) is 23.2 Å². The van der Waals surface area contributed by atoms with Crippen LogP contribution in [0.3, 0.4) is 0 Å². The van der Waals surface area contributed by atoms with E-state index in [1.165, 1.54) is 0 Å². The molecule has 0 aliphatic carbocycles. The van der Waals surface area contributed by atoms with Crippen molar-refractivity contribution >= 4 is 9.12 Å². The van der Waals surface area contributed by atoms with Crippen LogP contribution < -0.4 is 9.96 Å². The highest BCUT2D eigenvalue weighted by Gasteiger charge is 1.90. The van der Waals surface area contributed by atoms with E-state index in [9.17, 15) is 0 Å². The second kappa shape index (κ2) is 3.33. The van der Waals surface area contributed by atoms with E-state index in [4.69, 9.17) is 0 Å². The molecule has 0 aromatic carbocycles. The van der Waals surface area contributed by atoms with Crippen LogP contribution in [0.5, 0.6) is 0 Å². The molecule has 0 saturated heterocycles. The van der Waals surface area contributed by atoms with Crippen molar-refractivity contribution in [2.45, 2.75) is 6.55 Å². The molecule has 2 nitrogen and oxygen atoms in total. The smallest absolute Gasteiger partial charge is 0.219 e. The molecule has 3 heteroatoms. The van der Waals surface area contributed by atoms with E-state index in [0.29, 0.717) is 0 Å². The molecule has 0 spiro atoms. The maximum atomic E-state index is 3.11. The van der Waals surface area contributed by atoms with Crippen LogP contribution in [0.25, 0.3) is 0 Å². The third-order valence-electron chi connectivity index (χ3n) is 0.750. The zero-order valence-corrected chi connectivity index (χ0v) is 5.50. The molecule has 0 heterocycles. The fraction of sp³-hybridized carbons (Fsp3) is 1.00. The minimum atomic E-state index is -0.368. The van der Waals surface area contributed by atoms with Gasteiger partial charge in [-0.05, 0) is 20.6 Å². The van der Waals surface area contributed by atoms with E-state index in [0.717, 1.165) is 0 Å². The molecule has 0 atom stereocenters. The van der Waals surface area contributed by atoms with Gasteiger partial charge in [-0.15, -0.1) is 0 Å². The molecule has 0 amide bonds. The Kier molecular flexibility index (Phi) is 3.41. The molecule has 0 aliphatic rings. The summed E-state index contributed by atoms with van der Waals surface area (Å²) in [6.45, 7) is 2.16. The number of hydrogen-bond donors (Lipinski definition) is 2. The monoisotopic (exact) mass is 103 g/mol. The molecule has 0 aromatic rings. The van der Waals surface area contributed by atoms with Crippen molar-refractivity contribution in [3.8, 4) is 0 Å². The molecule has 0 bridgehead atoms. The lowest BCUT2D eigenvalue weighted by Crippen LogP contribution is -2.39. The summed E-state index contributed by atoms with van der Waals surface area (Å²) in [5, 5.41) is 0. The normalized spacial score (nSPS) is 10.0. The Morgan fingerprint density at radius 3 is 1.50 bits per heavy atom. The Morgan fingerprint density at radius 1 is 1.17 bits per heavy atom. The summed E-state index contributed by atoms with van der Waals surface area (Å²) in [6, 6.07) is 0. The minimum Gasteiger partial charge on any atom is -0.329 e. The molecule has 0 aliphatic heterocycles. The molecule has 1 radical (unpaired) electrons. The van der Waals surface area contributed by atoms with Gasteiger partial charge in [0.25, 0.3) is 0 Å². The summed E-state index contributed by atoms with van der Waals surface area (Å²) < 4.78 is 0. The topological polar surface area (TPSA) is 24.1 Å². The molecule has 0 aromatic heterocycles. The SMILES string of the molecule is CN[Si](C)NC. The average molecular weight is 103 g/mol. The van der Waals surface area contributed by atoms with Crippen LogP contribution in [0.15, 0.2) is 0 Å². The van der Waals surface area contributed by atoms with Crippen molar-refractivity contribution in [2.75, 3.05) is 14.1 Å². The quantitative estimate of drug-likeness (QED) is 0.462. The minimum absolute atomic E-state index is 0.368. The maximum Gasteiger partial charge on any atom is 0.219 e. The van der Waals surface area contributed by atoms with Crippen LogP contribution in [0, 0.1) is 0 Å². The van der Waals surface area contributed by atoms with Crippen LogP contribution in [-0.2, 0) is 0 Å². The molecule has 0 rings (SSSR count). The van der Waals surface area contributed by atoms with Gasteiger partial charge in [0.05, 0.1) is 0 Å². The lowest BCUT2D eigenvalue weighted by atomic mass is 11.6. The van der Waals surface area contributed by atoms with Crippen molar-refractivity contribution < 1.29 is 0 Å². The summed E-state index contributed by atoms with van der Waals surface area (Å²) in [6.07, 6.45) is 0. The molecular formula is C3H11N2Si. The van der Waals surface area contributed by atoms with Gasteiger partial charge in [-0.25, -0.2) is 0 Å². The summed E-state index contributed by atoms with van der Waals surface area (Å²) in [7, 11) is 3.56. The first-order valence-electron chi connectivity index (χ1n) is 2.00. The van der Waals surface area contributed by atoms with Crippen LogP contribution in [0.1, 0.15) is 0 Å². The van der Waals surface area contributed by atoms with E-state index in [2.05, 4.69) is 16.5 Å². The molecule has 6 heavy (non-hydrogen) atoms. The van der Waals surface area contributed by atoms with Gasteiger partial charge in [0, 0.05) is 0 Å². The first-order chi connectivity index (χ1) is 2.81. The van der Waals surface area contributed by atoms with Crippen molar-refractivity contribution in [3.63, 3.8) is 0 Å². The highest BCUT2D eigenvalue weighted by molar-refractivity contribution is 6.51. The van der Waals surface area contributed by atoms with Gasteiger partial charge >= 0.3 is 0 Å². The summed E-state index contributed by atoms with van der Waals surface area (Å²) in [4.78, 5) is 6.21. The van der Waals surface area contributed by atoms with Gasteiger partial charge in [0.15, 0.2) is 0 Å². The Morgan fingerprint density at radius 2 is 1.50 bits per heavy atom. The van der Waals surface area contributed by atoms with Crippen LogP contribution in [0.2, 0.25) is 6.55 Å². The Hall–Kier alpha value is 0.137. The van der Waals surface area contributed by atoms with Crippen molar-refractivity contribution in [1.82, 2.24) is 9.96 Å². The fourth-order valence-corrected chi connectivity index (χ4v) is 0.375. The zero-order chi connectivity index (χ0) is 4.99. The Bertz CT molecular complexity index is 28.0. The molecular weight excluding hydrogens is 92.1 g/mol. The van der Waals surface area contributed by atoms with Gasteiger partial charge in [-0.3, -0.25) is 0 Å². The molecule has 0 fully saturated rings. The molecule has 0 saturated carbocycles. The molecule has 37 valence electrons. The van der Waals surface area contributed by atoms with Gasteiger partial charge in [0.1, 0.15) is 0 Å². The lowest BCUT2D eigenvalue weighted by molar-refractivity contribution is 1.08. The van der Waals surface area contributed by atoms with E-state index in [1.54, 1.807) is 0 Å². The third kappa shape index (κ3) is 2.38. The lowest BCUT2D eigenvalue weighted by Gasteiger charge is -2.00. The van der Waals surface area contributed by atoms with Crippen LogP contribution in [0.4, 0.5) is 0 Å². The number of hydrogen-bond acceptors (Lipinski definition) is 2. The predicted octanol–water partition coefficient (Wildman–Crippen LogP) is -0.457. The van der Waals surface area contributed by atoms with Gasteiger partial charge < -0.3 is 9.96 Å². The van der Waals surface area contributed by atoms with E-state index < -0.39 is 0 Å². The van der Waals surface area contributed by atoms with E-state index in [1.807, 2.05) is 14.1 Å². The average Bonchev–Trinajstić information content (AvgIpc) is 1.65. The first kappa shape index (κ1) is 6.14. The molecule has 2 N–H and O–H groups in total. The summed E-state index contributed by atoms with van der Waals surface area (Å²) in [5.41, 5.74) is 0. The van der Waals surface area contributed by atoms with Gasteiger partial charge in [-0.2, -0.15) is 0 Å². The van der Waals surface area contributed by atoms with E-state index >= 15 is 0 Å². The largest absolute Gasteiger partial charge is 0.329 e. The van der Waals surface area contributed by atoms with Gasteiger partial charge in [0.2, 0.25) is 9.12 Å². The highest BCUT2D eigenvalue weighted by atomic mass is 28.3.